The van der Waals surface area contributed by atoms with E-state index in [1.165, 1.54) is 12.3 Å². The molecule has 2 atom stereocenters. The van der Waals surface area contributed by atoms with Crippen LogP contribution in [0.5, 0.6) is 5.75 Å². The number of anilines is 1. The molecule has 0 radical (unpaired) electrons. The van der Waals surface area contributed by atoms with E-state index in [2.05, 4.69) is 5.32 Å². The summed E-state index contributed by atoms with van der Waals surface area (Å²) >= 11 is 0. The van der Waals surface area contributed by atoms with Gasteiger partial charge in [0, 0.05) is 0 Å². The van der Waals surface area contributed by atoms with Gasteiger partial charge in [-0.3, -0.25) is 0 Å². The van der Waals surface area contributed by atoms with Gasteiger partial charge in [-0.05, 0) is 37.3 Å². The summed E-state index contributed by atoms with van der Waals surface area (Å²) < 4.78 is 49.0. The third-order valence-corrected chi connectivity index (χ3v) is 3.22. The molecule has 1 aromatic carbocycles. The van der Waals surface area contributed by atoms with Crippen LogP contribution >= 0.6 is 0 Å². The Bertz CT molecular complexity index is 607. The van der Waals surface area contributed by atoms with Gasteiger partial charge in [0.2, 0.25) is 0 Å². The highest BCUT2D eigenvalue weighted by atomic mass is 19.4. The Morgan fingerprint density at radius 3 is 2.65 bits per heavy atom. The molecule has 1 aliphatic rings. The van der Waals surface area contributed by atoms with Crippen LogP contribution in [0.4, 0.5) is 18.9 Å². The van der Waals surface area contributed by atoms with Gasteiger partial charge in [-0.25, -0.2) is 0 Å². The van der Waals surface area contributed by atoms with E-state index in [1.54, 1.807) is 12.1 Å². The number of ether oxygens (including phenoxy) is 1. The molecule has 1 aromatic heterocycles. The monoisotopic (exact) mass is 283 g/mol. The predicted octanol–water partition coefficient (Wildman–Crippen LogP) is 4.23. The van der Waals surface area contributed by atoms with Crippen molar-refractivity contribution < 1.29 is 22.3 Å². The fourth-order valence-electron chi connectivity index (χ4n) is 2.24. The quantitative estimate of drug-likeness (QED) is 0.850. The molecule has 0 amide bonds. The van der Waals surface area contributed by atoms with Gasteiger partial charge in [0.15, 0.2) is 6.10 Å². The van der Waals surface area contributed by atoms with Crippen LogP contribution in [0.25, 0.3) is 0 Å². The van der Waals surface area contributed by atoms with Crippen LogP contribution in [0.15, 0.2) is 41.0 Å². The van der Waals surface area contributed by atoms with Crippen molar-refractivity contribution in [2.75, 3.05) is 5.32 Å². The smallest absolute Gasteiger partial charge is 0.416 e. The van der Waals surface area contributed by atoms with Crippen molar-refractivity contribution in [2.24, 2.45) is 0 Å². The average molecular weight is 283 g/mol. The summed E-state index contributed by atoms with van der Waals surface area (Å²) in [6.45, 7) is 1.83. The molecule has 0 saturated heterocycles. The first-order chi connectivity index (χ1) is 9.45. The van der Waals surface area contributed by atoms with Crippen LogP contribution in [0.3, 0.4) is 0 Å². The normalized spacial score (nSPS) is 21.8. The van der Waals surface area contributed by atoms with Gasteiger partial charge in [0.1, 0.15) is 11.5 Å². The van der Waals surface area contributed by atoms with E-state index in [9.17, 15) is 13.2 Å². The molecule has 0 bridgehead atoms. The number of furan rings is 1. The lowest BCUT2D eigenvalue weighted by molar-refractivity contribution is -0.137. The van der Waals surface area contributed by atoms with Gasteiger partial charge in [-0.15, -0.1) is 0 Å². The Morgan fingerprint density at radius 1 is 1.20 bits per heavy atom. The van der Waals surface area contributed by atoms with Crippen LogP contribution in [0.2, 0.25) is 0 Å². The SMILES string of the molecule is CC1Nc2cc(C(F)(F)F)ccc2OC1c1ccco1. The second-order valence-corrected chi connectivity index (χ2v) is 4.70. The molecule has 1 N–H and O–H groups in total. The van der Waals surface area contributed by atoms with Crippen LogP contribution < -0.4 is 10.1 Å². The lowest BCUT2D eigenvalue weighted by atomic mass is 10.1. The molecule has 20 heavy (non-hydrogen) atoms. The first-order valence-corrected chi connectivity index (χ1v) is 6.13. The summed E-state index contributed by atoms with van der Waals surface area (Å²) in [6, 6.07) is 6.72. The van der Waals surface area contributed by atoms with Gasteiger partial charge in [-0.1, -0.05) is 0 Å². The van der Waals surface area contributed by atoms with Gasteiger partial charge in [0.05, 0.1) is 23.6 Å². The van der Waals surface area contributed by atoms with Gasteiger partial charge < -0.3 is 14.5 Å². The topological polar surface area (TPSA) is 34.4 Å². The number of fused-ring (bicyclic) bond motifs is 1. The molecule has 2 heterocycles. The number of benzene rings is 1. The Balaban J connectivity index is 1.93. The number of hydrogen-bond donors (Lipinski definition) is 1. The third-order valence-electron chi connectivity index (χ3n) is 3.22. The molecular weight excluding hydrogens is 271 g/mol. The molecule has 6 heteroatoms. The molecule has 1 aliphatic heterocycles. The minimum Gasteiger partial charge on any atom is -0.478 e. The van der Waals surface area contributed by atoms with Crippen molar-refractivity contribution in [1.29, 1.82) is 0 Å². The number of nitrogens with one attached hydrogen (secondary N) is 1. The highest BCUT2D eigenvalue weighted by molar-refractivity contribution is 5.61. The Morgan fingerprint density at radius 2 is 2.00 bits per heavy atom. The molecule has 3 rings (SSSR count). The first kappa shape index (κ1) is 12.9. The highest BCUT2D eigenvalue weighted by Gasteiger charge is 2.34. The maximum Gasteiger partial charge on any atom is 0.416 e. The fraction of sp³-hybridized carbons (Fsp3) is 0.286. The van der Waals surface area contributed by atoms with Crippen molar-refractivity contribution >= 4 is 5.69 Å². The zero-order chi connectivity index (χ0) is 14.3. The number of rotatable bonds is 1. The average Bonchev–Trinajstić information content (AvgIpc) is 2.89. The van der Waals surface area contributed by atoms with Crippen molar-refractivity contribution in [1.82, 2.24) is 0 Å². The van der Waals surface area contributed by atoms with Crippen LogP contribution in [-0.4, -0.2) is 6.04 Å². The predicted molar refractivity (Wildman–Crippen MR) is 66.6 cm³/mol. The van der Waals surface area contributed by atoms with Crippen molar-refractivity contribution in [3.05, 3.63) is 47.9 Å². The summed E-state index contributed by atoms with van der Waals surface area (Å²) in [5, 5.41) is 3.03. The molecule has 2 aromatic rings. The second kappa shape index (κ2) is 4.47. The lowest BCUT2D eigenvalue weighted by Crippen LogP contribution is -2.32. The van der Waals surface area contributed by atoms with E-state index in [1.807, 2.05) is 6.92 Å². The van der Waals surface area contributed by atoms with Gasteiger partial charge >= 0.3 is 6.18 Å². The molecule has 0 fully saturated rings. The summed E-state index contributed by atoms with van der Waals surface area (Å²) in [5.74, 6) is 1.02. The summed E-state index contributed by atoms with van der Waals surface area (Å²) in [5.41, 5.74) is -0.355. The maximum atomic E-state index is 12.7. The molecule has 3 nitrogen and oxygen atoms in total. The molecule has 106 valence electrons. The second-order valence-electron chi connectivity index (χ2n) is 4.70. The number of halogens is 3. The van der Waals surface area contributed by atoms with E-state index in [0.29, 0.717) is 17.2 Å². The highest BCUT2D eigenvalue weighted by Crippen LogP contribution is 2.41. The Labute approximate surface area is 113 Å². The fourth-order valence-corrected chi connectivity index (χ4v) is 2.24. The molecule has 2 unspecified atom stereocenters. The minimum atomic E-state index is -4.36. The zero-order valence-electron chi connectivity index (χ0n) is 10.6. The standard InChI is InChI=1S/C14H12F3NO2/c1-8-13(12-3-2-6-19-12)20-11-5-4-9(14(15,16)17)7-10(11)18-8/h2-8,13,18H,1H3. The van der Waals surface area contributed by atoms with Crippen LogP contribution in [0, 0.1) is 0 Å². The van der Waals surface area contributed by atoms with Crippen LogP contribution in [0.1, 0.15) is 24.4 Å². The molecular formula is C14H12F3NO2. The molecule has 0 aliphatic carbocycles. The minimum absolute atomic E-state index is 0.197. The van der Waals surface area contributed by atoms with E-state index in [0.717, 1.165) is 12.1 Å². The van der Waals surface area contributed by atoms with Crippen LogP contribution in [-0.2, 0) is 6.18 Å². The first-order valence-electron chi connectivity index (χ1n) is 6.13. The van der Waals surface area contributed by atoms with Gasteiger partial charge in [0.25, 0.3) is 0 Å². The van der Waals surface area contributed by atoms with Crippen molar-refractivity contribution in [3.8, 4) is 5.75 Å². The largest absolute Gasteiger partial charge is 0.478 e. The van der Waals surface area contributed by atoms with Gasteiger partial charge in [-0.2, -0.15) is 13.2 Å². The lowest BCUT2D eigenvalue weighted by Gasteiger charge is -2.32. The zero-order valence-corrected chi connectivity index (χ0v) is 10.6. The summed E-state index contributed by atoms with van der Waals surface area (Å²) in [4.78, 5) is 0. The van der Waals surface area contributed by atoms with E-state index >= 15 is 0 Å². The molecule has 0 saturated carbocycles. The van der Waals surface area contributed by atoms with E-state index in [-0.39, 0.29) is 12.1 Å². The number of alkyl halides is 3. The van der Waals surface area contributed by atoms with Crippen molar-refractivity contribution in [2.45, 2.75) is 25.2 Å². The molecule has 0 spiro atoms. The number of hydrogen-bond acceptors (Lipinski definition) is 3. The van der Waals surface area contributed by atoms with E-state index in [4.69, 9.17) is 9.15 Å². The summed E-state index contributed by atoms with van der Waals surface area (Å²) in [6.07, 6.45) is -3.19. The summed E-state index contributed by atoms with van der Waals surface area (Å²) in [7, 11) is 0. The Kier molecular flexibility index (Phi) is 2.88. The Hall–Kier alpha value is -2.11. The maximum absolute atomic E-state index is 12.7. The third kappa shape index (κ3) is 2.21. The van der Waals surface area contributed by atoms with E-state index < -0.39 is 11.7 Å². The van der Waals surface area contributed by atoms with Crippen molar-refractivity contribution in [3.63, 3.8) is 0 Å².